The van der Waals surface area contributed by atoms with Gasteiger partial charge >= 0.3 is 0 Å². The molecule has 0 aromatic rings. The monoisotopic (exact) mass is 182 g/mol. The first-order valence-corrected chi connectivity index (χ1v) is 5.77. The number of likely N-dealkylation sites (tertiary alicyclic amines) is 1. The van der Waals surface area contributed by atoms with Crippen LogP contribution in [0, 0.1) is 11.8 Å². The normalized spacial score (nSPS) is 35.8. The van der Waals surface area contributed by atoms with Crippen molar-refractivity contribution in [3.8, 4) is 0 Å². The predicted octanol–water partition coefficient (Wildman–Crippen LogP) is 1.33. The van der Waals surface area contributed by atoms with Gasteiger partial charge in [0.15, 0.2) is 0 Å². The van der Waals surface area contributed by atoms with Gasteiger partial charge in [0.2, 0.25) is 0 Å². The summed E-state index contributed by atoms with van der Waals surface area (Å²) in [5.41, 5.74) is 0. The number of hydrogen-bond acceptors (Lipinski definition) is 2. The molecule has 2 saturated heterocycles. The molecule has 2 heterocycles. The van der Waals surface area contributed by atoms with Gasteiger partial charge in [-0.1, -0.05) is 6.92 Å². The Hall–Kier alpha value is -0.0800. The highest BCUT2D eigenvalue weighted by atomic mass is 15.1. The van der Waals surface area contributed by atoms with E-state index < -0.39 is 0 Å². The van der Waals surface area contributed by atoms with Crippen molar-refractivity contribution in [2.45, 2.75) is 26.2 Å². The van der Waals surface area contributed by atoms with E-state index in [1.807, 2.05) is 0 Å². The maximum absolute atomic E-state index is 3.44. The van der Waals surface area contributed by atoms with E-state index in [-0.39, 0.29) is 0 Å². The molecule has 2 rings (SSSR count). The molecule has 0 amide bonds. The van der Waals surface area contributed by atoms with Crippen molar-refractivity contribution >= 4 is 0 Å². The molecular formula is C11H22N2. The summed E-state index contributed by atoms with van der Waals surface area (Å²) in [7, 11) is 0. The second kappa shape index (κ2) is 4.43. The smallest absolute Gasteiger partial charge is 0.000750 e. The van der Waals surface area contributed by atoms with E-state index in [0.29, 0.717) is 0 Å². The van der Waals surface area contributed by atoms with Crippen molar-refractivity contribution in [2.24, 2.45) is 11.8 Å². The van der Waals surface area contributed by atoms with Crippen LogP contribution >= 0.6 is 0 Å². The van der Waals surface area contributed by atoms with Gasteiger partial charge < -0.3 is 10.2 Å². The van der Waals surface area contributed by atoms with Crippen molar-refractivity contribution in [1.29, 1.82) is 0 Å². The lowest BCUT2D eigenvalue weighted by molar-refractivity contribution is 0.299. The number of hydrogen-bond donors (Lipinski definition) is 1. The van der Waals surface area contributed by atoms with Crippen LogP contribution in [0.25, 0.3) is 0 Å². The quantitative estimate of drug-likeness (QED) is 0.708. The predicted molar refractivity (Wildman–Crippen MR) is 55.8 cm³/mol. The van der Waals surface area contributed by atoms with Gasteiger partial charge in [-0.15, -0.1) is 0 Å². The van der Waals surface area contributed by atoms with Crippen molar-refractivity contribution < 1.29 is 0 Å². The highest BCUT2D eigenvalue weighted by Gasteiger charge is 2.20. The molecule has 2 aliphatic rings. The molecule has 0 bridgehead atoms. The van der Waals surface area contributed by atoms with Gasteiger partial charge in [-0.2, -0.15) is 0 Å². The summed E-state index contributed by atoms with van der Waals surface area (Å²) in [6.45, 7) is 8.93. The molecule has 0 aromatic carbocycles. The molecule has 2 fully saturated rings. The largest absolute Gasteiger partial charge is 0.316 e. The molecule has 2 nitrogen and oxygen atoms in total. The number of rotatable bonds is 3. The topological polar surface area (TPSA) is 15.3 Å². The summed E-state index contributed by atoms with van der Waals surface area (Å²) in [4.78, 5) is 2.64. The van der Waals surface area contributed by atoms with E-state index in [0.717, 1.165) is 11.8 Å². The van der Waals surface area contributed by atoms with Crippen LogP contribution in [0.1, 0.15) is 26.2 Å². The number of nitrogens with one attached hydrogen (secondary N) is 1. The van der Waals surface area contributed by atoms with Gasteiger partial charge in [0.1, 0.15) is 0 Å². The molecule has 0 radical (unpaired) electrons. The first-order chi connectivity index (χ1) is 6.34. The van der Waals surface area contributed by atoms with Crippen LogP contribution in [0.3, 0.4) is 0 Å². The van der Waals surface area contributed by atoms with Crippen LogP contribution in [-0.2, 0) is 0 Å². The fourth-order valence-electron chi connectivity index (χ4n) is 2.56. The fourth-order valence-corrected chi connectivity index (χ4v) is 2.56. The van der Waals surface area contributed by atoms with Crippen LogP contribution in [0.15, 0.2) is 0 Å². The zero-order valence-corrected chi connectivity index (χ0v) is 8.76. The zero-order valence-electron chi connectivity index (χ0n) is 8.76. The Balaban J connectivity index is 1.62. The van der Waals surface area contributed by atoms with Crippen molar-refractivity contribution in [2.75, 3.05) is 32.7 Å². The van der Waals surface area contributed by atoms with Gasteiger partial charge in [-0.25, -0.2) is 0 Å². The van der Waals surface area contributed by atoms with Crippen LogP contribution < -0.4 is 5.32 Å². The van der Waals surface area contributed by atoms with Crippen LogP contribution in [-0.4, -0.2) is 37.6 Å². The molecule has 0 aliphatic carbocycles. The molecule has 13 heavy (non-hydrogen) atoms. The lowest BCUT2D eigenvalue weighted by Crippen LogP contribution is -2.24. The van der Waals surface area contributed by atoms with E-state index >= 15 is 0 Å². The van der Waals surface area contributed by atoms with Crippen molar-refractivity contribution in [3.63, 3.8) is 0 Å². The molecule has 2 aliphatic heterocycles. The molecule has 0 saturated carbocycles. The molecule has 2 atom stereocenters. The van der Waals surface area contributed by atoms with E-state index in [2.05, 4.69) is 17.1 Å². The van der Waals surface area contributed by atoms with E-state index in [9.17, 15) is 0 Å². The van der Waals surface area contributed by atoms with Gasteiger partial charge in [-0.05, 0) is 57.3 Å². The standard InChI is InChI=1S/C11H22N2/c1-10-3-6-13(9-10)7-4-11-2-5-12-8-11/h10-12H,2-9H2,1H3. The summed E-state index contributed by atoms with van der Waals surface area (Å²) in [6.07, 6.45) is 4.24. The highest BCUT2D eigenvalue weighted by Crippen LogP contribution is 2.18. The van der Waals surface area contributed by atoms with E-state index in [1.54, 1.807) is 0 Å². The Morgan fingerprint density at radius 1 is 1.38 bits per heavy atom. The molecule has 0 spiro atoms. The van der Waals surface area contributed by atoms with E-state index in [1.165, 1.54) is 52.0 Å². The van der Waals surface area contributed by atoms with Crippen molar-refractivity contribution in [3.05, 3.63) is 0 Å². The summed E-state index contributed by atoms with van der Waals surface area (Å²) in [5, 5.41) is 3.44. The summed E-state index contributed by atoms with van der Waals surface area (Å²) >= 11 is 0. The molecule has 0 aromatic heterocycles. The Morgan fingerprint density at radius 2 is 2.31 bits per heavy atom. The van der Waals surface area contributed by atoms with Crippen LogP contribution in [0.4, 0.5) is 0 Å². The minimum Gasteiger partial charge on any atom is -0.316 e. The summed E-state index contributed by atoms with van der Waals surface area (Å²) in [5.74, 6) is 1.91. The average molecular weight is 182 g/mol. The van der Waals surface area contributed by atoms with Crippen LogP contribution in [0.2, 0.25) is 0 Å². The minimum atomic E-state index is 0.946. The van der Waals surface area contributed by atoms with Gasteiger partial charge in [-0.3, -0.25) is 0 Å². The Labute approximate surface area is 81.7 Å². The third kappa shape index (κ3) is 2.68. The van der Waals surface area contributed by atoms with Gasteiger partial charge in [0.05, 0.1) is 0 Å². The lowest BCUT2D eigenvalue weighted by atomic mass is 10.1. The maximum atomic E-state index is 3.44. The highest BCUT2D eigenvalue weighted by molar-refractivity contribution is 4.76. The first-order valence-electron chi connectivity index (χ1n) is 5.77. The third-order valence-electron chi connectivity index (χ3n) is 3.52. The van der Waals surface area contributed by atoms with E-state index in [4.69, 9.17) is 0 Å². The molecular weight excluding hydrogens is 160 g/mol. The molecule has 76 valence electrons. The van der Waals surface area contributed by atoms with Crippen LogP contribution in [0.5, 0.6) is 0 Å². The SMILES string of the molecule is CC1CCN(CCC2CCNC2)C1. The maximum Gasteiger partial charge on any atom is 0.000750 e. The lowest BCUT2D eigenvalue weighted by Gasteiger charge is -2.17. The Kier molecular flexibility index (Phi) is 3.23. The third-order valence-corrected chi connectivity index (χ3v) is 3.52. The summed E-state index contributed by atoms with van der Waals surface area (Å²) in [6, 6.07) is 0. The van der Waals surface area contributed by atoms with Gasteiger partial charge in [0, 0.05) is 6.54 Å². The molecule has 1 N–H and O–H groups in total. The van der Waals surface area contributed by atoms with Gasteiger partial charge in [0.25, 0.3) is 0 Å². The molecule has 2 unspecified atom stereocenters. The zero-order chi connectivity index (χ0) is 9.10. The Bertz CT molecular complexity index is 152. The first kappa shape index (κ1) is 9.47. The van der Waals surface area contributed by atoms with Crippen molar-refractivity contribution in [1.82, 2.24) is 10.2 Å². The number of nitrogens with zero attached hydrogens (tertiary/aromatic N) is 1. The second-order valence-corrected chi connectivity index (χ2v) is 4.84. The summed E-state index contributed by atoms with van der Waals surface area (Å²) < 4.78 is 0. The Morgan fingerprint density at radius 3 is 2.92 bits per heavy atom. The minimum absolute atomic E-state index is 0.946. The molecule has 2 heteroatoms. The fraction of sp³-hybridized carbons (Fsp3) is 1.00. The second-order valence-electron chi connectivity index (χ2n) is 4.84. The average Bonchev–Trinajstić information content (AvgIpc) is 2.71.